The molecule has 0 atom stereocenters. The first kappa shape index (κ1) is 19.9. The van der Waals surface area contributed by atoms with E-state index in [9.17, 15) is 8.78 Å². The highest BCUT2D eigenvalue weighted by Crippen LogP contribution is 2.22. The molecule has 8 nitrogen and oxygen atoms in total. The van der Waals surface area contributed by atoms with Gasteiger partial charge in [0, 0.05) is 38.8 Å². The molecule has 3 aromatic rings. The van der Waals surface area contributed by atoms with Crippen LogP contribution in [0.5, 0.6) is 0 Å². The molecule has 2 aromatic heterocycles. The van der Waals surface area contributed by atoms with Crippen molar-refractivity contribution in [2.24, 2.45) is 4.99 Å². The van der Waals surface area contributed by atoms with Crippen LogP contribution < -0.4 is 10.2 Å². The summed E-state index contributed by atoms with van der Waals surface area (Å²) in [7, 11) is 0. The summed E-state index contributed by atoms with van der Waals surface area (Å²) in [5.41, 5.74) is 0.295. The Balaban J connectivity index is 1.40. The maximum Gasteiger partial charge on any atom is 0.216 e. The Bertz CT molecular complexity index is 995. The number of rotatable bonds is 5. The van der Waals surface area contributed by atoms with Gasteiger partial charge in [0.2, 0.25) is 5.82 Å². The standard InChI is InChI=1S/C20H23F2N7O/c1-2-23-20(24-13-18-25-19(27-26-18)17-4-3-11-30-17)29-9-7-28(8-10-29)16-12-14(21)5-6-15(16)22/h3-6,11-12H,2,7-10,13H2,1H3,(H,23,24)(H,25,26,27). The number of nitrogens with one attached hydrogen (secondary N) is 2. The fourth-order valence-corrected chi connectivity index (χ4v) is 3.34. The Morgan fingerprint density at radius 2 is 2.07 bits per heavy atom. The zero-order valence-electron chi connectivity index (χ0n) is 16.6. The van der Waals surface area contributed by atoms with Crippen LogP contribution in [0.15, 0.2) is 46.0 Å². The average Bonchev–Trinajstić information content (AvgIpc) is 3.45. The number of hydrogen-bond acceptors (Lipinski definition) is 5. The van der Waals surface area contributed by atoms with Crippen molar-refractivity contribution in [2.45, 2.75) is 13.5 Å². The van der Waals surface area contributed by atoms with Crippen molar-refractivity contribution in [1.82, 2.24) is 25.4 Å². The molecule has 0 aliphatic carbocycles. The van der Waals surface area contributed by atoms with E-state index in [0.29, 0.717) is 62.4 Å². The number of halogens is 2. The number of furan rings is 1. The van der Waals surface area contributed by atoms with Crippen LogP contribution in [0.3, 0.4) is 0 Å². The lowest BCUT2D eigenvalue weighted by Crippen LogP contribution is -2.52. The van der Waals surface area contributed by atoms with Gasteiger partial charge in [-0.1, -0.05) is 0 Å². The summed E-state index contributed by atoms with van der Waals surface area (Å²) in [6.45, 7) is 5.44. The van der Waals surface area contributed by atoms with Gasteiger partial charge in [-0.05, 0) is 31.2 Å². The minimum absolute atomic E-state index is 0.295. The number of aliphatic imine (C=N–C) groups is 1. The Labute approximate surface area is 172 Å². The minimum atomic E-state index is -0.440. The first-order valence-corrected chi connectivity index (χ1v) is 9.82. The summed E-state index contributed by atoms with van der Waals surface area (Å²) >= 11 is 0. The molecule has 0 amide bonds. The van der Waals surface area contributed by atoms with Crippen LogP contribution >= 0.6 is 0 Å². The van der Waals surface area contributed by atoms with Gasteiger partial charge in [-0.25, -0.2) is 18.8 Å². The molecule has 30 heavy (non-hydrogen) atoms. The first-order valence-electron chi connectivity index (χ1n) is 9.82. The van der Waals surface area contributed by atoms with Crippen LogP contribution in [-0.2, 0) is 6.54 Å². The van der Waals surface area contributed by atoms with Crippen molar-refractivity contribution in [3.8, 4) is 11.6 Å². The van der Waals surface area contributed by atoms with Gasteiger partial charge in [0.05, 0.1) is 12.0 Å². The molecule has 1 aromatic carbocycles. The predicted molar refractivity (Wildman–Crippen MR) is 109 cm³/mol. The van der Waals surface area contributed by atoms with Crippen molar-refractivity contribution in [3.05, 3.63) is 54.1 Å². The van der Waals surface area contributed by atoms with E-state index < -0.39 is 11.6 Å². The molecule has 0 saturated carbocycles. The lowest BCUT2D eigenvalue weighted by atomic mass is 10.2. The largest absolute Gasteiger partial charge is 0.461 e. The van der Waals surface area contributed by atoms with E-state index >= 15 is 0 Å². The molecule has 158 valence electrons. The van der Waals surface area contributed by atoms with E-state index in [0.717, 1.165) is 18.1 Å². The number of guanidine groups is 1. The van der Waals surface area contributed by atoms with Gasteiger partial charge in [-0.3, -0.25) is 5.10 Å². The second-order valence-corrected chi connectivity index (χ2v) is 6.82. The Kier molecular flexibility index (Phi) is 5.92. The fourth-order valence-electron chi connectivity index (χ4n) is 3.34. The molecule has 1 aliphatic rings. The normalized spacial score (nSPS) is 15.0. The number of aromatic amines is 1. The van der Waals surface area contributed by atoms with E-state index in [1.54, 1.807) is 18.4 Å². The van der Waals surface area contributed by atoms with Crippen molar-refractivity contribution in [2.75, 3.05) is 37.6 Å². The Morgan fingerprint density at radius 1 is 1.23 bits per heavy atom. The van der Waals surface area contributed by atoms with Crippen LogP contribution in [0, 0.1) is 11.6 Å². The van der Waals surface area contributed by atoms with Gasteiger partial charge in [0.15, 0.2) is 11.7 Å². The highest BCUT2D eigenvalue weighted by atomic mass is 19.1. The first-order chi connectivity index (χ1) is 14.6. The molecule has 3 heterocycles. The van der Waals surface area contributed by atoms with Crippen LogP contribution in [0.1, 0.15) is 12.7 Å². The molecule has 4 rings (SSSR count). The number of nitrogens with zero attached hydrogens (tertiary/aromatic N) is 5. The van der Waals surface area contributed by atoms with E-state index in [-0.39, 0.29) is 0 Å². The number of H-pyrrole nitrogens is 1. The van der Waals surface area contributed by atoms with E-state index in [2.05, 4.69) is 30.4 Å². The SMILES string of the molecule is CCNC(=NCc1nc(-c2ccco2)n[nH]1)N1CCN(c2cc(F)ccc2F)CC1. The summed E-state index contributed by atoms with van der Waals surface area (Å²) in [6, 6.07) is 7.11. The number of hydrogen-bond donors (Lipinski definition) is 2. The summed E-state index contributed by atoms with van der Waals surface area (Å²) in [6.07, 6.45) is 1.57. The van der Waals surface area contributed by atoms with Gasteiger partial charge in [0.25, 0.3) is 0 Å². The number of anilines is 1. The topological polar surface area (TPSA) is 85.6 Å². The Hall–Kier alpha value is -3.43. The van der Waals surface area contributed by atoms with E-state index in [1.807, 2.05) is 11.8 Å². The van der Waals surface area contributed by atoms with Gasteiger partial charge < -0.3 is 19.5 Å². The molecule has 10 heteroatoms. The quantitative estimate of drug-likeness (QED) is 0.492. The molecule has 1 fully saturated rings. The summed E-state index contributed by atoms with van der Waals surface area (Å²) in [4.78, 5) is 13.0. The monoisotopic (exact) mass is 415 g/mol. The van der Waals surface area contributed by atoms with Crippen LogP contribution in [-0.4, -0.2) is 58.8 Å². The van der Waals surface area contributed by atoms with Gasteiger partial charge in [-0.2, -0.15) is 0 Å². The van der Waals surface area contributed by atoms with Gasteiger partial charge in [-0.15, -0.1) is 5.10 Å². The molecular formula is C20H23F2N7O. The Morgan fingerprint density at radius 3 is 2.80 bits per heavy atom. The maximum absolute atomic E-state index is 14.1. The third-order valence-corrected chi connectivity index (χ3v) is 4.81. The summed E-state index contributed by atoms with van der Waals surface area (Å²) in [5.74, 6) is 1.59. The van der Waals surface area contributed by atoms with Crippen molar-refractivity contribution < 1.29 is 13.2 Å². The molecule has 1 aliphatic heterocycles. The third-order valence-electron chi connectivity index (χ3n) is 4.81. The van der Waals surface area contributed by atoms with E-state index in [1.165, 1.54) is 6.07 Å². The summed E-state index contributed by atoms with van der Waals surface area (Å²) < 4.78 is 32.9. The smallest absolute Gasteiger partial charge is 0.216 e. The van der Waals surface area contributed by atoms with Gasteiger partial charge in [0.1, 0.15) is 24.0 Å². The van der Waals surface area contributed by atoms with Crippen molar-refractivity contribution in [1.29, 1.82) is 0 Å². The van der Waals surface area contributed by atoms with Crippen molar-refractivity contribution in [3.63, 3.8) is 0 Å². The zero-order chi connectivity index (χ0) is 20.9. The molecule has 0 bridgehead atoms. The van der Waals surface area contributed by atoms with Crippen LogP contribution in [0.2, 0.25) is 0 Å². The predicted octanol–water partition coefficient (Wildman–Crippen LogP) is 2.63. The minimum Gasteiger partial charge on any atom is -0.461 e. The second kappa shape index (κ2) is 8.93. The maximum atomic E-state index is 14.1. The lowest BCUT2D eigenvalue weighted by molar-refractivity contribution is 0.370. The molecule has 0 spiro atoms. The molecular weight excluding hydrogens is 392 g/mol. The highest BCUT2D eigenvalue weighted by Gasteiger charge is 2.22. The number of aromatic nitrogens is 3. The van der Waals surface area contributed by atoms with Crippen molar-refractivity contribution >= 4 is 11.6 Å². The highest BCUT2D eigenvalue weighted by molar-refractivity contribution is 5.80. The zero-order valence-corrected chi connectivity index (χ0v) is 16.6. The average molecular weight is 415 g/mol. The lowest BCUT2D eigenvalue weighted by Gasteiger charge is -2.37. The number of benzene rings is 1. The van der Waals surface area contributed by atoms with Gasteiger partial charge >= 0.3 is 0 Å². The molecule has 0 unspecified atom stereocenters. The molecule has 1 saturated heterocycles. The molecule has 2 N–H and O–H groups in total. The van der Waals surface area contributed by atoms with Crippen LogP contribution in [0.25, 0.3) is 11.6 Å². The number of piperazine rings is 1. The fraction of sp³-hybridized carbons (Fsp3) is 0.350. The third kappa shape index (κ3) is 4.42. The second-order valence-electron chi connectivity index (χ2n) is 6.82. The summed E-state index contributed by atoms with van der Waals surface area (Å²) in [5, 5.41) is 10.3. The van der Waals surface area contributed by atoms with Crippen LogP contribution in [0.4, 0.5) is 14.5 Å². The van der Waals surface area contributed by atoms with E-state index in [4.69, 9.17) is 4.42 Å². The molecule has 0 radical (unpaired) electrons.